The van der Waals surface area contributed by atoms with Crippen LogP contribution in [-0.4, -0.2) is 54.4 Å². The molecular formula is C20H22FN7O2. The van der Waals surface area contributed by atoms with Crippen LogP contribution in [0.2, 0.25) is 0 Å². The first-order chi connectivity index (χ1) is 14.5. The number of hydrogen-bond donors (Lipinski definition) is 0. The first-order valence-corrected chi connectivity index (χ1v) is 10.1. The van der Waals surface area contributed by atoms with Crippen molar-refractivity contribution >= 4 is 5.91 Å². The average Bonchev–Trinajstić information content (AvgIpc) is 3.36. The number of carbonyl (C=O) groups excluding carboxylic acids is 1. The number of nitrogens with zero attached hydrogens (tertiary/aromatic N) is 7. The molecule has 1 spiro atoms. The van der Waals surface area contributed by atoms with E-state index in [1.165, 1.54) is 12.1 Å². The molecule has 1 aliphatic carbocycles. The normalized spacial score (nSPS) is 18.5. The second kappa shape index (κ2) is 7.26. The lowest BCUT2D eigenvalue weighted by Crippen LogP contribution is -2.49. The Morgan fingerprint density at radius 3 is 2.60 bits per heavy atom. The fourth-order valence-electron chi connectivity index (χ4n) is 4.50. The van der Waals surface area contributed by atoms with Gasteiger partial charge in [-0.1, -0.05) is 10.3 Å². The standard InChI is InChI=1S/C20H22FN7O2/c1-13-17(25-30-24-13)10-18(29)27-8-6-20(7-9-27)11-16(12-20)28-23-19(22-26-28)14-2-4-15(21)5-3-14/h2-5,16H,6-12H2,1H3. The molecule has 9 nitrogen and oxygen atoms in total. The molecular weight excluding hydrogens is 389 g/mol. The smallest absolute Gasteiger partial charge is 0.228 e. The van der Waals surface area contributed by atoms with Crippen molar-refractivity contribution < 1.29 is 13.8 Å². The maximum Gasteiger partial charge on any atom is 0.228 e. The van der Waals surface area contributed by atoms with Crippen molar-refractivity contribution in [1.82, 2.24) is 35.4 Å². The maximum absolute atomic E-state index is 13.1. The largest absolute Gasteiger partial charge is 0.342 e. The highest BCUT2D eigenvalue weighted by Gasteiger charge is 2.48. The third kappa shape index (κ3) is 3.46. The van der Waals surface area contributed by atoms with E-state index < -0.39 is 0 Å². The van der Waals surface area contributed by atoms with Crippen molar-refractivity contribution in [3.8, 4) is 11.4 Å². The second-order valence-corrected chi connectivity index (χ2v) is 8.36. The predicted molar refractivity (Wildman–Crippen MR) is 102 cm³/mol. The molecule has 0 bridgehead atoms. The summed E-state index contributed by atoms with van der Waals surface area (Å²) in [4.78, 5) is 16.1. The molecule has 3 aromatic rings. The van der Waals surface area contributed by atoms with Crippen molar-refractivity contribution in [3.05, 3.63) is 41.5 Å². The number of amides is 1. The Hall–Kier alpha value is -3.17. The summed E-state index contributed by atoms with van der Waals surface area (Å²) < 4.78 is 17.8. The monoisotopic (exact) mass is 411 g/mol. The van der Waals surface area contributed by atoms with Crippen LogP contribution in [0.5, 0.6) is 0 Å². The van der Waals surface area contributed by atoms with Gasteiger partial charge in [0.1, 0.15) is 17.2 Å². The molecule has 0 radical (unpaired) electrons. The molecule has 1 aliphatic heterocycles. The van der Waals surface area contributed by atoms with Crippen LogP contribution in [0.1, 0.15) is 43.1 Å². The molecule has 2 aromatic heterocycles. The number of halogens is 1. The van der Waals surface area contributed by atoms with Gasteiger partial charge in [0, 0.05) is 18.7 Å². The van der Waals surface area contributed by atoms with Gasteiger partial charge >= 0.3 is 0 Å². The van der Waals surface area contributed by atoms with Gasteiger partial charge in [0.15, 0.2) is 0 Å². The van der Waals surface area contributed by atoms with Gasteiger partial charge in [-0.3, -0.25) is 4.79 Å². The highest BCUT2D eigenvalue weighted by Crippen LogP contribution is 2.54. The Labute approximate surface area is 172 Å². The SMILES string of the molecule is Cc1nonc1CC(=O)N1CCC2(CC1)CC(n1nnc(-c3ccc(F)cc3)n1)C2. The predicted octanol–water partition coefficient (Wildman–Crippen LogP) is 2.36. The summed E-state index contributed by atoms with van der Waals surface area (Å²) in [6.45, 7) is 3.29. The molecule has 2 fully saturated rings. The van der Waals surface area contributed by atoms with Crippen molar-refractivity contribution in [2.24, 2.45) is 5.41 Å². The van der Waals surface area contributed by atoms with Crippen LogP contribution in [0.4, 0.5) is 4.39 Å². The van der Waals surface area contributed by atoms with Crippen LogP contribution >= 0.6 is 0 Å². The zero-order valence-electron chi connectivity index (χ0n) is 16.7. The van der Waals surface area contributed by atoms with Gasteiger partial charge in [-0.15, -0.1) is 10.2 Å². The Morgan fingerprint density at radius 1 is 1.20 bits per heavy atom. The molecule has 156 valence electrons. The van der Waals surface area contributed by atoms with Gasteiger partial charge < -0.3 is 4.90 Å². The minimum Gasteiger partial charge on any atom is -0.342 e. The summed E-state index contributed by atoms with van der Waals surface area (Å²) in [5, 5.41) is 20.3. The summed E-state index contributed by atoms with van der Waals surface area (Å²) in [7, 11) is 0. The third-order valence-corrected chi connectivity index (χ3v) is 6.44. The molecule has 1 saturated carbocycles. The van der Waals surface area contributed by atoms with E-state index in [9.17, 15) is 9.18 Å². The average molecular weight is 411 g/mol. The fraction of sp³-hybridized carbons (Fsp3) is 0.500. The molecule has 5 rings (SSSR count). The zero-order valence-corrected chi connectivity index (χ0v) is 16.7. The molecule has 1 aromatic carbocycles. The van der Waals surface area contributed by atoms with Crippen molar-refractivity contribution in [2.45, 2.75) is 45.1 Å². The van der Waals surface area contributed by atoms with E-state index >= 15 is 0 Å². The number of aryl methyl sites for hydroxylation is 1. The number of piperidine rings is 1. The minimum atomic E-state index is -0.287. The van der Waals surface area contributed by atoms with Crippen molar-refractivity contribution in [3.63, 3.8) is 0 Å². The lowest BCUT2D eigenvalue weighted by atomic mass is 9.60. The number of benzene rings is 1. The van der Waals surface area contributed by atoms with Gasteiger partial charge in [0.2, 0.25) is 11.7 Å². The van der Waals surface area contributed by atoms with Gasteiger partial charge in [0.25, 0.3) is 0 Å². The van der Waals surface area contributed by atoms with Crippen LogP contribution in [0.25, 0.3) is 11.4 Å². The summed E-state index contributed by atoms with van der Waals surface area (Å²) in [6, 6.07) is 6.32. The summed E-state index contributed by atoms with van der Waals surface area (Å²) in [6.07, 6.45) is 4.16. The summed E-state index contributed by atoms with van der Waals surface area (Å²) >= 11 is 0. The van der Waals surface area contributed by atoms with Gasteiger partial charge in [-0.25, -0.2) is 9.02 Å². The Morgan fingerprint density at radius 2 is 1.93 bits per heavy atom. The first-order valence-electron chi connectivity index (χ1n) is 10.1. The number of aromatic nitrogens is 6. The van der Waals surface area contributed by atoms with E-state index in [-0.39, 0.29) is 29.6 Å². The number of rotatable bonds is 4. The Balaban J connectivity index is 1.15. The molecule has 3 heterocycles. The van der Waals surface area contributed by atoms with Crippen molar-refractivity contribution in [2.75, 3.05) is 13.1 Å². The maximum atomic E-state index is 13.1. The summed E-state index contributed by atoms with van der Waals surface area (Å²) in [5.74, 6) is 0.292. The van der Waals surface area contributed by atoms with Crippen LogP contribution in [0, 0.1) is 18.2 Å². The van der Waals surface area contributed by atoms with Gasteiger partial charge in [-0.05, 0) is 67.5 Å². The van der Waals surface area contributed by atoms with E-state index in [1.54, 1.807) is 23.9 Å². The minimum absolute atomic E-state index is 0.0707. The molecule has 1 amide bonds. The third-order valence-electron chi connectivity index (χ3n) is 6.44. The van der Waals surface area contributed by atoms with E-state index in [4.69, 9.17) is 0 Å². The number of carbonyl (C=O) groups is 1. The highest BCUT2D eigenvalue weighted by atomic mass is 19.1. The van der Waals surface area contributed by atoms with E-state index in [1.807, 2.05) is 4.90 Å². The van der Waals surface area contributed by atoms with E-state index in [0.717, 1.165) is 44.3 Å². The molecule has 2 aliphatic rings. The number of likely N-dealkylation sites (tertiary alicyclic amines) is 1. The molecule has 0 atom stereocenters. The lowest BCUT2D eigenvalue weighted by molar-refractivity contribution is -0.134. The highest BCUT2D eigenvalue weighted by molar-refractivity contribution is 5.78. The fourth-order valence-corrected chi connectivity index (χ4v) is 4.50. The molecule has 10 heteroatoms. The number of hydrogen-bond acceptors (Lipinski definition) is 7. The topological polar surface area (TPSA) is 103 Å². The van der Waals surface area contributed by atoms with Crippen LogP contribution < -0.4 is 0 Å². The van der Waals surface area contributed by atoms with E-state index in [0.29, 0.717) is 17.2 Å². The van der Waals surface area contributed by atoms with Crippen LogP contribution in [-0.2, 0) is 11.2 Å². The Kier molecular flexibility index (Phi) is 4.56. The van der Waals surface area contributed by atoms with Gasteiger partial charge in [0.05, 0.1) is 12.5 Å². The van der Waals surface area contributed by atoms with E-state index in [2.05, 4.69) is 30.4 Å². The quantitative estimate of drug-likeness (QED) is 0.649. The molecule has 1 saturated heterocycles. The second-order valence-electron chi connectivity index (χ2n) is 8.36. The molecule has 0 unspecified atom stereocenters. The van der Waals surface area contributed by atoms with Crippen LogP contribution in [0.15, 0.2) is 28.9 Å². The number of tetrazole rings is 1. The van der Waals surface area contributed by atoms with Gasteiger partial charge in [-0.2, -0.15) is 4.80 Å². The lowest BCUT2D eigenvalue weighted by Gasteiger charge is -2.51. The molecule has 30 heavy (non-hydrogen) atoms. The zero-order chi connectivity index (χ0) is 20.7. The molecule has 0 N–H and O–H groups in total. The Bertz CT molecular complexity index is 1050. The summed E-state index contributed by atoms with van der Waals surface area (Å²) in [5.41, 5.74) is 2.27. The van der Waals surface area contributed by atoms with Crippen LogP contribution in [0.3, 0.4) is 0 Å². The van der Waals surface area contributed by atoms with Crippen molar-refractivity contribution in [1.29, 1.82) is 0 Å². The first kappa shape index (κ1) is 18.8.